The second-order valence-electron chi connectivity index (χ2n) is 6.17. The number of rotatable bonds is 9. The first-order valence-electron chi connectivity index (χ1n) is 8.68. The summed E-state index contributed by atoms with van der Waals surface area (Å²) in [7, 11) is 0. The molecule has 2 atom stereocenters. The lowest BCUT2D eigenvalue weighted by molar-refractivity contribution is -0.253. The van der Waals surface area contributed by atoms with Crippen molar-refractivity contribution in [3.63, 3.8) is 0 Å². The maximum atomic E-state index is 13.5. The van der Waals surface area contributed by atoms with Crippen LogP contribution in [0.15, 0.2) is 48.5 Å². The van der Waals surface area contributed by atoms with Crippen molar-refractivity contribution in [3.8, 4) is 5.75 Å². The van der Waals surface area contributed by atoms with E-state index in [-0.39, 0.29) is 24.2 Å². The number of ether oxygens (including phenoxy) is 2. The quantitative estimate of drug-likeness (QED) is 0.481. The summed E-state index contributed by atoms with van der Waals surface area (Å²) in [6.45, 7) is 1.58. The topological polar surface area (TPSA) is 55.8 Å². The van der Waals surface area contributed by atoms with Crippen molar-refractivity contribution < 1.29 is 41.3 Å². The summed E-state index contributed by atoms with van der Waals surface area (Å²) in [5.74, 6) is -3.12. The number of halogens is 5. The van der Waals surface area contributed by atoms with Crippen LogP contribution in [0, 0.1) is 11.7 Å². The third-order valence-corrected chi connectivity index (χ3v) is 4.02. The maximum absolute atomic E-state index is 13.5. The largest absolute Gasteiger partial charge is 0.466 e. The van der Waals surface area contributed by atoms with Crippen molar-refractivity contribution in [1.82, 2.24) is 0 Å². The van der Waals surface area contributed by atoms with Gasteiger partial charge in [0.1, 0.15) is 11.6 Å². The van der Waals surface area contributed by atoms with Crippen LogP contribution in [0.2, 0.25) is 0 Å². The van der Waals surface area contributed by atoms with E-state index in [9.17, 15) is 31.9 Å². The molecule has 9 heteroatoms. The van der Waals surface area contributed by atoms with Gasteiger partial charge in [0, 0.05) is 0 Å². The van der Waals surface area contributed by atoms with Crippen molar-refractivity contribution >= 4 is 5.97 Å². The highest BCUT2D eigenvalue weighted by Gasteiger charge is 2.44. The van der Waals surface area contributed by atoms with Crippen molar-refractivity contribution in [2.24, 2.45) is 5.92 Å². The number of hydrogen-bond acceptors (Lipinski definition) is 4. The first kappa shape index (κ1) is 22.6. The summed E-state index contributed by atoms with van der Waals surface area (Å²) in [4.78, 5) is 12.3. The lowest BCUT2D eigenvalue weighted by atomic mass is 9.89. The zero-order valence-corrected chi connectivity index (χ0v) is 15.3. The SMILES string of the molecule is CCOC(=O)C(Cc1cccc(OC(F)(F)C(F)F)c1)C(O)c1cccc(F)c1. The molecule has 1 N–H and O–H groups in total. The highest BCUT2D eigenvalue weighted by Crippen LogP contribution is 2.31. The average Bonchev–Trinajstić information content (AvgIpc) is 2.65. The number of carbonyl (C=O) groups excluding carboxylic acids is 1. The van der Waals surface area contributed by atoms with Crippen LogP contribution in [0.25, 0.3) is 0 Å². The van der Waals surface area contributed by atoms with Crippen LogP contribution in [0.3, 0.4) is 0 Å². The van der Waals surface area contributed by atoms with Gasteiger partial charge in [0.25, 0.3) is 0 Å². The van der Waals surface area contributed by atoms with Gasteiger partial charge in [-0.2, -0.15) is 17.6 Å². The second-order valence-corrected chi connectivity index (χ2v) is 6.17. The van der Waals surface area contributed by atoms with Gasteiger partial charge >= 0.3 is 18.5 Å². The van der Waals surface area contributed by atoms with Gasteiger partial charge in [0.15, 0.2) is 0 Å². The fourth-order valence-corrected chi connectivity index (χ4v) is 2.69. The van der Waals surface area contributed by atoms with E-state index in [0.717, 1.165) is 18.2 Å². The van der Waals surface area contributed by atoms with Crippen LogP contribution in [0.4, 0.5) is 22.0 Å². The molecule has 158 valence electrons. The molecule has 0 aliphatic rings. The number of hydrogen-bond donors (Lipinski definition) is 1. The minimum absolute atomic E-state index is 0.0228. The molecule has 0 fully saturated rings. The predicted octanol–water partition coefficient (Wildman–Crippen LogP) is 4.52. The van der Waals surface area contributed by atoms with E-state index >= 15 is 0 Å². The molecular formula is C20H19F5O4. The fourth-order valence-electron chi connectivity index (χ4n) is 2.69. The maximum Gasteiger partial charge on any atom is 0.461 e. The fraction of sp³-hybridized carbons (Fsp3) is 0.350. The third-order valence-electron chi connectivity index (χ3n) is 4.02. The summed E-state index contributed by atoms with van der Waals surface area (Å²) in [5.41, 5.74) is 0.376. The number of benzene rings is 2. The number of alkyl halides is 4. The Hall–Kier alpha value is -2.68. The molecule has 29 heavy (non-hydrogen) atoms. The molecule has 0 radical (unpaired) electrons. The molecule has 0 aromatic heterocycles. The highest BCUT2D eigenvalue weighted by atomic mass is 19.3. The number of esters is 1. The van der Waals surface area contributed by atoms with Crippen LogP contribution < -0.4 is 4.74 Å². The monoisotopic (exact) mass is 418 g/mol. The van der Waals surface area contributed by atoms with Crippen LogP contribution in [-0.4, -0.2) is 30.2 Å². The second kappa shape index (κ2) is 9.69. The molecule has 0 amide bonds. The van der Waals surface area contributed by atoms with E-state index in [2.05, 4.69) is 4.74 Å². The molecule has 4 nitrogen and oxygen atoms in total. The van der Waals surface area contributed by atoms with Crippen LogP contribution >= 0.6 is 0 Å². The minimum Gasteiger partial charge on any atom is -0.466 e. The van der Waals surface area contributed by atoms with Crippen LogP contribution in [0.5, 0.6) is 5.75 Å². The summed E-state index contributed by atoms with van der Waals surface area (Å²) in [6, 6.07) is 9.84. The summed E-state index contributed by atoms with van der Waals surface area (Å²) < 4.78 is 73.4. The number of aliphatic hydroxyl groups excluding tert-OH is 1. The van der Waals surface area contributed by atoms with E-state index < -0.39 is 42.1 Å². The van der Waals surface area contributed by atoms with Crippen molar-refractivity contribution in [2.75, 3.05) is 6.61 Å². The molecule has 0 spiro atoms. The summed E-state index contributed by atoms with van der Waals surface area (Å²) in [5, 5.41) is 10.6. The van der Waals surface area contributed by atoms with Crippen molar-refractivity contribution in [2.45, 2.75) is 32.0 Å². The van der Waals surface area contributed by atoms with Gasteiger partial charge in [-0.1, -0.05) is 24.3 Å². The molecule has 0 saturated heterocycles. The van der Waals surface area contributed by atoms with Gasteiger partial charge in [-0.05, 0) is 48.7 Å². The Bertz CT molecular complexity index is 828. The van der Waals surface area contributed by atoms with Gasteiger partial charge in [-0.15, -0.1) is 0 Å². The Kier molecular flexibility index (Phi) is 7.55. The van der Waals surface area contributed by atoms with E-state index in [1.807, 2.05) is 0 Å². The zero-order valence-electron chi connectivity index (χ0n) is 15.3. The molecule has 0 saturated carbocycles. The standard InChI is InChI=1S/C20H19F5O4/c1-2-28-18(27)16(17(26)13-6-4-7-14(21)11-13)10-12-5-3-8-15(9-12)29-20(24,25)19(22)23/h3-9,11,16-17,19,26H,2,10H2,1H3. The van der Waals surface area contributed by atoms with Gasteiger partial charge in [0.2, 0.25) is 0 Å². The minimum atomic E-state index is -4.68. The van der Waals surface area contributed by atoms with Gasteiger partial charge in [0.05, 0.1) is 18.6 Å². The van der Waals surface area contributed by atoms with Gasteiger partial charge in [-0.3, -0.25) is 4.79 Å². The van der Waals surface area contributed by atoms with E-state index in [1.54, 1.807) is 6.92 Å². The van der Waals surface area contributed by atoms with Gasteiger partial charge < -0.3 is 14.6 Å². The smallest absolute Gasteiger partial charge is 0.461 e. The molecule has 2 aromatic carbocycles. The Balaban J connectivity index is 2.27. The average molecular weight is 418 g/mol. The molecule has 2 unspecified atom stereocenters. The molecule has 0 aliphatic carbocycles. The Labute approximate surface area is 163 Å². The van der Waals surface area contributed by atoms with E-state index in [4.69, 9.17) is 4.74 Å². The normalized spacial score (nSPS) is 13.8. The number of aliphatic hydroxyl groups is 1. The number of carbonyl (C=O) groups is 1. The Morgan fingerprint density at radius 3 is 2.45 bits per heavy atom. The lowest BCUT2D eigenvalue weighted by Gasteiger charge is -2.22. The summed E-state index contributed by atoms with van der Waals surface area (Å²) in [6.07, 6.45) is -10.3. The molecular weight excluding hydrogens is 399 g/mol. The van der Waals surface area contributed by atoms with Crippen LogP contribution in [0.1, 0.15) is 24.2 Å². The summed E-state index contributed by atoms with van der Waals surface area (Å²) >= 11 is 0. The molecule has 0 heterocycles. The molecule has 0 aliphatic heterocycles. The molecule has 2 rings (SSSR count). The zero-order chi connectivity index (χ0) is 21.6. The van der Waals surface area contributed by atoms with E-state index in [0.29, 0.717) is 0 Å². The van der Waals surface area contributed by atoms with Crippen molar-refractivity contribution in [3.05, 3.63) is 65.5 Å². The first-order chi connectivity index (χ1) is 13.6. The van der Waals surface area contributed by atoms with Gasteiger partial charge in [-0.25, -0.2) is 4.39 Å². The lowest BCUT2D eigenvalue weighted by Crippen LogP contribution is -2.33. The third kappa shape index (κ3) is 6.15. The Morgan fingerprint density at radius 1 is 1.14 bits per heavy atom. The first-order valence-corrected chi connectivity index (χ1v) is 8.68. The van der Waals surface area contributed by atoms with Crippen LogP contribution in [-0.2, 0) is 16.0 Å². The Morgan fingerprint density at radius 2 is 1.83 bits per heavy atom. The predicted molar refractivity (Wildman–Crippen MR) is 93.2 cm³/mol. The van der Waals surface area contributed by atoms with Crippen molar-refractivity contribution in [1.29, 1.82) is 0 Å². The molecule has 0 bridgehead atoms. The van der Waals surface area contributed by atoms with E-state index in [1.165, 1.54) is 30.3 Å². The highest BCUT2D eigenvalue weighted by molar-refractivity contribution is 5.74. The molecule has 2 aromatic rings.